The maximum atomic E-state index is 10.7. The van der Waals surface area contributed by atoms with Gasteiger partial charge in [-0.3, -0.25) is 0 Å². The molecule has 0 aromatic carbocycles. The van der Waals surface area contributed by atoms with Crippen LogP contribution in [0.4, 0.5) is 4.79 Å². The van der Waals surface area contributed by atoms with Gasteiger partial charge >= 0.3 is 6.09 Å². The Balaban J connectivity index is 1.99. The summed E-state index contributed by atoms with van der Waals surface area (Å²) in [7, 11) is 0. The number of carbonyl (C=O) groups excluding carboxylic acids is 1. The molecular weight excluding hydrogens is 182 g/mol. The molecule has 4 nitrogen and oxygen atoms in total. The van der Waals surface area contributed by atoms with Gasteiger partial charge in [0.2, 0.25) is 0 Å². The van der Waals surface area contributed by atoms with Crippen molar-refractivity contribution in [2.45, 2.75) is 44.3 Å². The molecule has 80 valence electrons. The summed E-state index contributed by atoms with van der Waals surface area (Å²) in [5, 5.41) is 9.45. The molecule has 3 N–H and O–H groups in total. The minimum atomic E-state index is -0.687. The third-order valence-electron chi connectivity index (χ3n) is 3.55. The zero-order valence-electron chi connectivity index (χ0n) is 8.40. The topological polar surface area (TPSA) is 72.5 Å². The van der Waals surface area contributed by atoms with E-state index in [-0.39, 0.29) is 11.7 Å². The summed E-state index contributed by atoms with van der Waals surface area (Å²) in [6, 6.07) is 0. The number of ether oxygens (including phenoxy) is 1. The van der Waals surface area contributed by atoms with Crippen molar-refractivity contribution in [3.05, 3.63) is 0 Å². The van der Waals surface area contributed by atoms with E-state index in [9.17, 15) is 9.90 Å². The average molecular weight is 199 g/mol. The summed E-state index contributed by atoms with van der Waals surface area (Å²) in [5.74, 6) is 1.02. The van der Waals surface area contributed by atoms with Crippen molar-refractivity contribution in [1.29, 1.82) is 0 Å². The molecule has 0 aliphatic heterocycles. The number of aliphatic hydroxyl groups excluding tert-OH is 1. The summed E-state index contributed by atoms with van der Waals surface area (Å²) >= 11 is 0. The third-order valence-corrected chi connectivity index (χ3v) is 3.55. The SMILES string of the molecule is CC1(OC(N)=O)C[C@H]2C[C@H](O)C[C@H]2C1. The minimum Gasteiger partial charge on any atom is -0.443 e. The highest BCUT2D eigenvalue weighted by atomic mass is 16.6. The number of rotatable bonds is 1. The second-order valence-electron chi connectivity index (χ2n) is 4.92. The van der Waals surface area contributed by atoms with Crippen LogP contribution in [0.25, 0.3) is 0 Å². The zero-order valence-corrected chi connectivity index (χ0v) is 8.40. The van der Waals surface area contributed by atoms with Crippen LogP contribution in [0, 0.1) is 11.8 Å². The van der Waals surface area contributed by atoms with Crippen LogP contribution in [-0.4, -0.2) is 22.9 Å². The molecule has 4 heteroatoms. The molecule has 0 bridgehead atoms. The number of nitrogens with two attached hydrogens (primary N) is 1. The predicted molar refractivity (Wildman–Crippen MR) is 50.5 cm³/mol. The second-order valence-corrected chi connectivity index (χ2v) is 4.92. The number of hydrogen-bond acceptors (Lipinski definition) is 3. The average Bonchev–Trinajstić information content (AvgIpc) is 2.38. The normalized spacial score (nSPS) is 46.3. The molecule has 2 aliphatic rings. The fourth-order valence-corrected chi connectivity index (χ4v) is 3.20. The molecule has 2 saturated carbocycles. The Hall–Kier alpha value is -0.770. The van der Waals surface area contributed by atoms with Gasteiger partial charge in [0.05, 0.1) is 6.10 Å². The molecule has 0 aromatic heterocycles. The predicted octanol–water partition coefficient (Wildman–Crippen LogP) is 1.02. The highest BCUT2D eigenvalue weighted by Gasteiger charge is 2.48. The van der Waals surface area contributed by atoms with Crippen LogP contribution < -0.4 is 5.73 Å². The van der Waals surface area contributed by atoms with Gasteiger partial charge in [0.25, 0.3) is 0 Å². The molecule has 2 aliphatic carbocycles. The van der Waals surface area contributed by atoms with Gasteiger partial charge in [-0.1, -0.05) is 0 Å². The Kier molecular flexibility index (Phi) is 2.18. The van der Waals surface area contributed by atoms with Gasteiger partial charge in [-0.25, -0.2) is 4.79 Å². The van der Waals surface area contributed by atoms with Gasteiger partial charge < -0.3 is 15.6 Å². The fourth-order valence-electron chi connectivity index (χ4n) is 3.20. The Morgan fingerprint density at radius 2 is 1.93 bits per heavy atom. The lowest BCUT2D eigenvalue weighted by Crippen LogP contribution is -2.32. The van der Waals surface area contributed by atoms with Crippen molar-refractivity contribution < 1.29 is 14.6 Å². The van der Waals surface area contributed by atoms with Crippen molar-refractivity contribution in [1.82, 2.24) is 0 Å². The first-order chi connectivity index (χ1) is 6.48. The van der Waals surface area contributed by atoms with Gasteiger partial charge in [-0.05, 0) is 44.4 Å². The van der Waals surface area contributed by atoms with E-state index in [1.165, 1.54) is 0 Å². The van der Waals surface area contributed by atoms with Gasteiger partial charge in [-0.2, -0.15) is 0 Å². The lowest BCUT2D eigenvalue weighted by Gasteiger charge is -2.24. The van der Waals surface area contributed by atoms with Crippen LogP contribution in [-0.2, 0) is 4.74 Å². The quantitative estimate of drug-likeness (QED) is 0.662. The van der Waals surface area contributed by atoms with Gasteiger partial charge in [0.1, 0.15) is 5.60 Å². The molecule has 4 atom stereocenters. The summed E-state index contributed by atoms with van der Waals surface area (Å²) in [6.07, 6.45) is 2.55. The van der Waals surface area contributed by atoms with Crippen LogP contribution in [0.1, 0.15) is 32.6 Å². The molecule has 0 radical (unpaired) electrons. The molecule has 1 amide bonds. The van der Waals surface area contributed by atoms with E-state index in [2.05, 4.69) is 0 Å². The summed E-state index contributed by atoms with van der Waals surface area (Å²) in [4.78, 5) is 10.7. The van der Waals surface area contributed by atoms with Crippen LogP contribution in [0.15, 0.2) is 0 Å². The first-order valence-electron chi connectivity index (χ1n) is 5.15. The molecule has 2 fully saturated rings. The maximum absolute atomic E-state index is 10.7. The first-order valence-corrected chi connectivity index (χ1v) is 5.15. The van der Waals surface area contributed by atoms with Crippen LogP contribution in [0.5, 0.6) is 0 Å². The molecule has 0 saturated heterocycles. The molecule has 0 spiro atoms. The van der Waals surface area contributed by atoms with E-state index in [0.717, 1.165) is 25.7 Å². The van der Waals surface area contributed by atoms with Crippen molar-refractivity contribution >= 4 is 6.09 Å². The number of amides is 1. The molecule has 1 unspecified atom stereocenters. The number of primary amides is 1. The Labute approximate surface area is 83.4 Å². The second kappa shape index (κ2) is 3.12. The number of hydrogen-bond donors (Lipinski definition) is 2. The standard InChI is InChI=1S/C10H17NO3/c1-10(14-9(11)13)4-6-2-8(12)3-7(6)5-10/h6-8,12H,2-5H2,1H3,(H2,11,13)/t6-,7+,8+,10?. The largest absolute Gasteiger partial charge is 0.443 e. The van der Waals surface area contributed by atoms with E-state index >= 15 is 0 Å². The molecule has 14 heavy (non-hydrogen) atoms. The van der Waals surface area contributed by atoms with Crippen molar-refractivity contribution in [3.63, 3.8) is 0 Å². The molecule has 2 rings (SSSR count). The van der Waals surface area contributed by atoms with Gasteiger partial charge in [0.15, 0.2) is 0 Å². The third kappa shape index (κ3) is 1.71. The Morgan fingerprint density at radius 3 is 2.36 bits per heavy atom. The van der Waals surface area contributed by atoms with Crippen LogP contribution in [0.3, 0.4) is 0 Å². The van der Waals surface area contributed by atoms with Gasteiger partial charge in [0, 0.05) is 0 Å². The van der Waals surface area contributed by atoms with E-state index in [4.69, 9.17) is 10.5 Å². The molecule has 0 heterocycles. The summed E-state index contributed by atoms with van der Waals surface area (Å²) in [5.41, 5.74) is 4.64. The highest BCUT2D eigenvalue weighted by molar-refractivity contribution is 5.65. The fraction of sp³-hybridized carbons (Fsp3) is 0.900. The smallest absolute Gasteiger partial charge is 0.405 e. The number of aliphatic hydroxyl groups is 1. The Bertz CT molecular complexity index is 240. The monoisotopic (exact) mass is 199 g/mol. The minimum absolute atomic E-state index is 0.150. The number of fused-ring (bicyclic) bond motifs is 1. The Morgan fingerprint density at radius 1 is 1.43 bits per heavy atom. The summed E-state index contributed by atoms with van der Waals surface area (Å²) in [6.45, 7) is 1.93. The highest BCUT2D eigenvalue weighted by Crippen LogP contribution is 2.49. The maximum Gasteiger partial charge on any atom is 0.405 e. The van der Waals surface area contributed by atoms with E-state index in [1.807, 2.05) is 6.92 Å². The van der Waals surface area contributed by atoms with Crippen LogP contribution in [0.2, 0.25) is 0 Å². The van der Waals surface area contributed by atoms with Crippen LogP contribution >= 0.6 is 0 Å². The van der Waals surface area contributed by atoms with E-state index in [1.54, 1.807) is 0 Å². The van der Waals surface area contributed by atoms with Gasteiger partial charge in [-0.15, -0.1) is 0 Å². The number of carbonyl (C=O) groups is 1. The van der Waals surface area contributed by atoms with E-state index < -0.39 is 6.09 Å². The molecule has 0 aromatic rings. The van der Waals surface area contributed by atoms with Crippen molar-refractivity contribution in [2.24, 2.45) is 17.6 Å². The first kappa shape index (κ1) is 9.77. The lowest BCUT2D eigenvalue weighted by atomic mass is 10.00. The van der Waals surface area contributed by atoms with Crippen molar-refractivity contribution in [2.75, 3.05) is 0 Å². The summed E-state index contributed by atoms with van der Waals surface area (Å²) < 4.78 is 5.13. The molecular formula is C10H17NO3. The van der Waals surface area contributed by atoms with Crippen molar-refractivity contribution in [3.8, 4) is 0 Å². The van der Waals surface area contributed by atoms with E-state index in [0.29, 0.717) is 11.8 Å². The lowest BCUT2D eigenvalue weighted by molar-refractivity contribution is 0.0259. The zero-order chi connectivity index (χ0) is 10.3.